The number of rotatable bonds is 9. The topological polar surface area (TPSA) is 184 Å². The summed E-state index contributed by atoms with van der Waals surface area (Å²) in [7, 11) is 0. The number of ketones is 3. The fourth-order valence-corrected chi connectivity index (χ4v) is 6.38. The SMILES string of the molecule is CCC(=O)C[C@H]1[C@H]2C(=C(O)c3c(O)cccc3[C@@H]2COCCC(C)C)C(=O)[C@]2(O)C(O)=C(C(N)=O)C(=O)C[C@H]12. The minimum atomic E-state index is -2.78. The van der Waals surface area contributed by atoms with E-state index in [9.17, 15) is 39.6 Å². The van der Waals surface area contributed by atoms with E-state index in [1.54, 1.807) is 19.1 Å². The van der Waals surface area contributed by atoms with Crippen LogP contribution >= 0.6 is 0 Å². The van der Waals surface area contributed by atoms with Crippen LogP contribution in [0.5, 0.6) is 5.75 Å². The molecule has 10 nitrogen and oxygen atoms in total. The summed E-state index contributed by atoms with van der Waals surface area (Å²) >= 11 is 0. The number of ether oxygens (including phenoxy) is 1. The van der Waals surface area contributed by atoms with Gasteiger partial charge in [0.2, 0.25) is 5.78 Å². The molecule has 5 atom stereocenters. The molecule has 3 aliphatic rings. The Labute approximate surface area is 226 Å². The molecule has 210 valence electrons. The quantitative estimate of drug-likeness (QED) is 0.231. The minimum Gasteiger partial charge on any atom is -0.508 e. The second-order valence-corrected chi connectivity index (χ2v) is 11.1. The third kappa shape index (κ3) is 4.55. The van der Waals surface area contributed by atoms with Crippen LogP contribution in [0.25, 0.3) is 5.76 Å². The lowest BCUT2D eigenvalue weighted by molar-refractivity contribution is -0.156. The number of aliphatic hydroxyl groups is 3. The van der Waals surface area contributed by atoms with Crippen molar-refractivity contribution in [3.8, 4) is 5.75 Å². The van der Waals surface area contributed by atoms with Gasteiger partial charge in [0.1, 0.15) is 28.6 Å². The molecule has 1 fully saturated rings. The van der Waals surface area contributed by atoms with Crippen molar-refractivity contribution in [3.05, 3.63) is 46.2 Å². The van der Waals surface area contributed by atoms with Crippen molar-refractivity contribution in [3.63, 3.8) is 0 Å². The van der Waals surface area contributed by atoms with Crippen LogP contribution in [0.4, 0.5) is 0 Å². The zero-order valence-corrected chi connectivity index (χ0v) is 22.3. The van der Waals surface area contributed by atoms with Crippen LogP contribution in [0.2, 0.25) is 0 Å². The third-order valence-corrected chi connectivity index (χ3v) is 8.36. The normalized spacial score (nSPS) is 28.3. The number of phenols is 1. The molecule has 1 aromatic rings. The Bertz CT molecular complexity index is 1290. The molecule has 0 spiro atoms. The number of benzene rings is 1. The lowest BCUT2D eigenvalue weighted by Crippen LogP contribution is -2.62. The fourth-order valence-electron chi connectivity index (χ4n) is 6.38. The van der Waals surface area contributed by atoms with Gasteiger partial charge >= 0.3 is 0 Å². The molecule has 0 aliphatic heterocycles. The molecule has 0 radical (unpaired) electrons. The Morgan fingerprint density at radius 2 is 1.87 bits per heavy atom. The summed E-state index contributed by atoms with van der Waals surface area (Å²) in [6.45, 7) is 6.23. The van der Waals surface area contributed by atoms with E-state index in [0.717, 1.165) is 6.42 Å². The van der Waals surface area contributed by atoms with E-state index in [0.29, 0.717) is 18.1 Å². The van der Waals surface area contributed by atoms with Crippen LogP contribution in [0, 0.1) is 23.7 Å². The summed E-state index contributed by atoms with van der Waals surface area (Å²) in [5, 5.41) is 44.9. The van der Waals surface area contributed by atoms with Gasteiger partial charge in [0.15, 0.2) is 11.4 Å². The number of aliphatic hydroxyl groups excluding tert-OH is 2. The first-order valence-corrected chi connectivity index (χ1v) is 13.2. The van der Waals surface area contributed by atoms with Crippen molar-refractivity contribution < 1.29 is 44.3 Å². The van der Waals surface area contributed by atoms with E-state index in [1.807, 2.05) is 13.8 Å². The van der Waals surface area contributed by atoms with Crippen molar-refractivity contribution in [2.75, 3.05) is 13.2 Å². The molecule has 4 rings (SSSR count). The fraction of sp³-hybridized carbons (Fsp3) is 0.517. The molecular formula is C29H35NO9. The highest BCUT2D eigenvalue weighted by Crippen LogP contribution is 2.59. The van der Waals surface area contributed by atoms with Gasteiger partial charge in [-0.2, -0.15) is 0 Å². The highest BCUT2D eigenvalue weighted by molar-refractivity contribution is 6.23. The Balaban J connectivity index is 1.96. The number of nitrogens with two attached hydrogens (primary N) is 1. The molecule has 3 aliphatic carbocycles. The first-order chi connectivity index (χ1) is 18.4. The van der Waals surface area contributed by atoms with Crippen LogP contribution < -0.4 is 5.73 Å². The molecule has 0 unspecified atom stereocenters. The Hall–Kier alpha value is -3.50. The predicted molar refractivity (Wildman–Crippen MR) is 139 cm³/mol. The van der Waals surface area contributed by atoms with E-state index < -0.39 is 70.3 Å². The van der Waals surface area contributed by atoms with Crippen LogP contribution in [-0.2, 0) is 23.9 Å². The Morgan fingerprint density at radius 1 is 1.18 bits per heavy atom. The van der Waals surface area contributed by atoms with E-state index >= 15 is 0 Å². The lowest BCUT2D eigenvalue weighted by atomic mass is 9.51. The molecule has 39 heavy (non-hydrogen) atoms. The molecule has 0 heterocycles. The van der Waals surface area contributed by atoms with Crippen LogP contribution in [0.3, 0.4) is 0 Å². The van der Waals surface area contributed by atoms with Crippen molar-refractivity contribution in [2.45, 2.75) is 58.0 Å². The van der Waals surface area contributed by atoms with Gasteiger partial charge in [0.25, 0.3) is 5.91 Å². The number of Topliss-reactive ketones (excluding diaryl/α,β-unsaturated/α-hetero) is 3. The standard InChI is InChI=1S/C29H35NO9/c1-4-14(31)10-16-18-11-20(33)23(28(30)37)26(35)29(18,38)27(36)24-21(16)17(12-39-9-8-13(2)3)15-6-5-7-19(32)22(15)25(24)34/h5-7,13,16-18,21,32,34-35,38H,4,8-12H2,1-3H3,(H2,30,37)/t16-,17+,18-,21-,29-/m1/s1. The van der Waals surface area contributed by atoms with Gasteiger partial charge < -0.3 is 30.9 Å². The van der Waals surface area contributed by atoms with E-state index in [1.165, 1.54) is 6.07 Å². The summed E-state index contributed by atoms with van der Waals surface area (Å²) in [4.78, 5) is 51.8. The maximum Gasteiger partial charge on any atom is 0.255 e. The van der Waals surface area contributed by atoms with Crippen molar-refractivity contribution >= 4 is 29.0 Å². The average molecular weight is 542 g/mol. The highest BCUT2D eigenvalue weighted by Gasteiger charge is 2.65. The predicted octanol–water partition coefficient (Wildman–Crippen LogP) is 2.62. The van der Waals surface area contributed by atoms with E-state index in [2.05, 4.69) is 0 Å². The summed E-state index contributed by atoms with van der Waals surface area (Å²) in [5.41, 5.74) is 1.84. The average Bonchev–Trinajstić information content (AvgIpc) is 2.86. The molecule has 1 aromatic carbocycles. The van der Waals surface area contributed by atoms with Gasteiger partial charge in [-0.05, 0) is 29.9 Å². The smallest absolute Gasteiger partial charge is 0.255 e. The number of phenolic OH excluding ortho intramolecular Hbond substituents is 1. The molecule has 0 bridgehead atoms. The van der Waals surface area contributed by atoms with E-state index in [-0.39, 0.29) is 42.1 Å². The summed E-state index contributed by atoms with van der Waals surface area (Å²) in [6, 6.07) is 4.63. The monoisotopic (exact) mass is 541 g/mol. The van der Waals surface area contributed by atoms with Crippen LogP contribution in [0.1, 0.15) is 63.5 Å². The van der Waals surface area contributed by atoms with Gasteiger partial charge in [0.05, 0.1) is 12.2 Å². The summed E-state index contributed by atoms with van der Waals surface area (Å²) in [5.74, 6) is -8.86. The van der Waals surface area contributed by atoms with Crippen molar-refractivity contribution in [1.82, 2.24) is 0 Å². The first-order valence-electron chi connectivity index (χ1n) is 13.2. The van der Waals surface area contributed by atoms with E-state index in [4.69, 9.17) is 10.5 Å². The number of fused-ring (bicyclic) bond motifs is 3. The second kappa shape index (κ2) is 10.6. The third-order valence-electron chi connectivity index (χ3n) is 8.36. The number of aromatic hydroxyl groups is 1. The molecule has 10 heteroatoms. The number of hydrogen-bond donors (Lipinski definition) is 5. The van der Waals surface area contributed by atoms with Gasteiger partial charge in [0, 0.05) is 49.2 Å². The Morgan fingerprint density at radius 3 is 2.49 bits per heavy atom. The maximum absolute atomic E-state index is 14.1. The molecule has 0 saturated heterocycles. The number of carbonyl (C=O) groups excluding carboxylic acids is 4. The van der Waals surface area contributed by atoms with Crippen molar-refractivity contribution in [2.24, 2.45) is 29.4 Å². The van der Waals surface area contributed by atoms with Crippen molar-refractivity contribution in [1.29, 1.82) is 0 Å². The summed E-state index contributed by atoms with van der Waals surface area (Å²) in [6.07, 6.45) is 0.231. The largest absolute Gasteiger partial charge is 0.508 e. The zero-order chi connectivity index (χ0) is 28.8. The molecule has 6 N–H and O–H groups in total. The van der Waals surface area contributed by atoms with Crippen LogP contribution in [0.15, 0.2) is 35.1 Å². The van der Waals surface area contributed by atoms with Gasteiger partial charge in [-0.25, -0.2) is 0 Å². The first kappa shape index (κ1) is 28.5. The number of amides is 1. The number of hydrogen-bond acceptors (Lipinski definition) is 9. The maximum atomic E-state index is 14.1. The highest BCUT2D eigenvalue weighted by atomic mass is 16.5. The molecule has 1 amide bonds. The van der Waals surface area contributed by atoms with Gasteiger partial charge in [-0.1, -0.05) is 32.9 Å². The van der Waals surface area contributed by atoms with Gasteiger partial charge in [-0.15, -0.1) is 0 Å². The second-order valence-electron chi connectivity index (χ2n) is 11.1. The zero-order valence-electron chi connectivity index (χ0n) is 22.3. The molecular weight excluding hydrogens is 506 g/mol. The van der Waals surface area contributed by atoms with Gasteiger partial charge in [-0.3, -0.25) is 19.2 Å². The summed E-state index contributed by atoms with van der Waals surface area (Å²) < 4.78 is 6.00. The lowest BCUT2D eigenvalue weighted by Gasteiger charge is -2.52. The Kier molecular flexibility index (Phi) is 7.73. The number of primary amides is 1. The molecule has 0 aromatic heterocycles. The minimum absolute atomic E-state index is 0.0114. The molecule has 1 saturated carbocycles. The van der Waals surface area contributed by atoms with Crippen LogP contribution in [-0.4, -0.2) is 62.5 Å². The number of carbonyl (C=O) groups is 4.